The molecule has 0 radical (unpaired) electrons. The van der Waals surface area contributed by atoms with E-state index in [1.165, 1.54) is 0 Å². The predicted octanol–water partition coefficient (Wildman–Crippen LogP) is -6.00. The Bertz CT molecular complexity index is 1330. The number of nitrogens with zero attached hydrogens (tertiary/aromatic N) is 1. The first-order chi connectivity index (χ1) is 23.0. The molecule has 0 saturated carbocycles. The fourth-order valence-electron chi connectivity index (χ4n) is 6.21. The number of ether oxygens (including phenoxy) is 4. The summed E-state index contributed by atoms with van der Waals surface area (Å²) in [7, 11) is 0. The molecule has 11 atom stereocenters. The lowest BCUT2D eigenvalue weighted by Gasteiger charge is -2.65. The van der Waals surface area contributed by atoms with E-state index in [1.54, 1.807) is 0 Å². The fraction of sp³-hybridized carbons (Fsp3) is 0.731. The molecule has 2 fully saturated rings. The van der Waals surface area contributed by atoms with Crippen molar-refractivity contribution >= 4 is 41.7 Å². The van der Waals surface area contributed by atoms with Crippen LogP contribution in [0.25, 0.3) is 0 Å². The summed E-state index contributed by atoms with van der Waals surface area (Å²) in [6, 6.07) is -1.93. The summed E-state index contributed by atoms with van der Waals surface area (Å²) in [5, 5.41) is 113. The Morgan fingerprint density at radius 1 is 0.820 bits per heavy atom. The maximum Gasteiger partial charge on any atom is 0.329 e. The first kappa shape index (κ1) is 42.1. The molecule has 13 N–H and O–H groups in total. The van der Waals surface area contributed by atoms with E-state index in [-0.39, 0.29) is 4.90 Å². The summed E-state index contributed by atoms with van der Waals surface area (Å²) in [6.45, 7) is -3.77. The third-order valence-electron chi connectivity index (χ3n) is 8.23. The van der Waals surface area contributed by atoms with Gasteiger partial charge in [-0.25, -0.2) is 4.79 Å². The number of aliphatic carboxylic acids is 6. The van der Waals surface area contributed by atoms with Crippen molar-refractivity contribution in [2.75, 3.05) is 19.8 Å². The largest absolute Gasteiger partial charge is 0.481 e. The maximum absolute atomic E-state index is 13.1. The van der Waals surface area contributed by atoms with Gasteiger partial charge in [-0.15, -0.1) is 0 Å². The Labute approximate surface area is 279 Å². The molecule has 24 nitrogen and oxygen atoms in total. The van der Waals surface area contributed by atoms with Crippen molar-refractivity contribution < 1.29 is 109 Å². The molecule has 2 aliphatic heterocycles. The summed E-state index contributed by atoms with van der Waals surface area (Å²) >= 11 is 0. The highest BCUT2D eigenvalue weighted by atomic mass is 16.8. The van der Waals surface area contributed by atoms with Crippen LogP contribution in [0.15, 0.2) is 0 Å². The van der Waals surface area contributed by atoms with E-state index < -0.39 is 153 Å². The number of carboxylic acid groups (broad SMARTS) is 6. The highest BCUT2D eigenvalue weighted by molar-refractivity contribution is 5.83. The van der Waals surface area contributed by atoms with Gasteiger partial charge in [-0.1, -0.05) is 0 Å². The molecular formula is C26H38N2O22. The predicted molar refractivity (Wildman–Crippen MR) is 150 cm³/mol. The molecule has 1 unspecified atom stereocenters. The number of rotatable bonds is 18. The maximum atomic E-state index is 13.1. The minimum Gasteiger partial charge on any atom is -0.481 e. The van der Waals surface area contributed by atoms with Crippen molar-refractivity contribution in [3.05, 3.63) is 0 Å². The van der Waals surface area contributed by atoms with Crippen molar-refractivity contribution in [3.63, 3.8) is 0 Å². The molecule has 284 valence electrons. The quantitative estimate of drug-likeness (QED) is 0.0624. The number of carboxylic acids is 6. The lowest BCUT2D eigenvalue weighted by Crippen LogP contribution is -2.85. The topological polar surface area (TPSA) is 408 Å². The molecule has 0 aromatic rings. The third-order valence-corrected chi connectivity index (χ3v) is 8.23. The Hall–Kier alpha value is -4.11. The average molecular weight is 731 g/mol. The molecule has 50 heavy (non-hydrogen) atoms. The number of hydrogen-bond donors (Lipinski definition) is 12. The summed E-state index contributed by atoms with van der Waals surface area (Å²) in [6.07, 6.45) is -23.5. The molecule has 2 aliphatic rings. The minimum absolute atomic E-state index is 0.000316. The van der Waals surface area contributed by atoms with Gasteiger partial charge in [0, 0.05) is 6.92 Å². The molecule has 2 heterocycles. The van der Waals surface area contributed by atoms with Crippen LogP contribution in [0.1, 0.15) is 32.6 Å². The van der Waals surface area contributed by atoms with Gasteiger partial charge in [0.15, 0.2) is 6.29 Å². The van der Waals surface area contributed by atoms with Crippen LogP contribution < -0.4 is 5.73 Å². The highest BCUT2D eigenvalue weighted by Gasteiger charge is 2.76. The van der Waals surface area contributed by atoms with E-state index in [4.69, 9.17) is 24.7 Å². The van der Waals surface area contributed by atoms with Crippen LogP contribution in [0.5, 0.6) is 0 Å². The summed E-state index contributed by atoms with van der Waals surface area (Å²) < 4.78 is 22.2. The van der Waals surface area contributed by atoms with Gasteiger partial charge < -0.3 is 85.8 Å². The molecular weight excluding hydrogens is 692 g/mol. The first-order valence-electron chi connectivity index (χ1n) is 14.3. The number of carbonyl (C=O) groups is 7. The van der Waals surface area contributed by atoms with Gasteiger partial charge in [0.1, 0.15) is 61.2 Å². The van der Waals surface area contributed by atoms with Gasteiger partial charge in [0.05, 0.1) is 38.0 Å². The second kappa shape index (κ2) is 16.3. The van der Waals surface area contributed by atoms with Crippen molar-refractivity contribution in [3.8, 4) is 0 Å². The van der Waals surface area contributed by atoms with E-state index in [1.807, 2.05) is 0 Å². The lowest BCUT2D eigenvalue weighted by molar-refractivity contribution is -0.431. The van der Waals surface area contributed by atoms with E-state index in [0.717, 1.165) is 0 Å². The van der Waals surface area contributed by atoms with Gasteiger partial charge in [0.2, 0.25) is 11.7 Å². The van der Waals surface area contributed by atoms with Gasteiger partial charge in [0.25, 0.3) is 0 Å². The summed E-state index contributed by atoms with van der Waals surface area (Å²) in [5.41, 5.74) is -0.978. The number of aliphatic hydroxyl groups is 5. The van der Waals surface area contributed by atoms with E-state index >= 15 is 0 Å². The van der Waals surface area contributed by atoms with E-state index in [9.17, 15) is 89.7 Å². The molecule has 2 rings (SSSR count). The number of amides is 1. The molecule has 0 aromatic heterocycles. The van der Waals surface area contributed by atoms with Crippen molar-refractivity contribution in [1.29, 1.82) is 0 Å². The number of carbonyl (C=O) groups excluding carboxylic acids is 1. The molecule has 2 saturated heterocycles. The SMILES string of the molecule is CC(=O)N(CC(=O)O)[C@]1(CC(=O)O)[C@@H](O)[C@H](O[C@@H]2O[C@H](CO)[C@@H](O)[C@H](O)[C@H]2N)[C@@](CC(=O)O)(C(O)CC(=O)O)O[C@@]1(CC(=O)O)OCC(=O)O. The van der Waals surface area contributed by atoms with Gasteiger partial charge in [-0.2, -0.15) is 0 Å². The van der Waals surface area contributed by atoms with Crippen LogP contribution in [0.3, 0.4) is 0 Å². The summed E-state index contributed by atoms with van der Waals surface area (Å²) in [4.78, 5) is 86.0. The van der Waals surface area contributed by atoms with Gasteiger partial charge in [-0.05, 0) is 0 Å². The van der Waals surface area contributed by atoms with Crippen LogP contribution >= 0.6 is 0 Å². The smallest absolute Gasteiger partial charge is 0.329 e. The number of nitrogens with two attached hydrogens (primary N) is 1. The van der Waals surface area contributed by atoms with Crippen molar-refractivity contribution in [1.82, 2.24) is 4.90 Å². The van der Waals surface area contributed by atoms with Crippen LogP contribution in [-0.4, -0.2) is 188 Å². The van der Waals surface area contributed by atoms with Crippen molar-refractivity contribution in [2.45, 2.75) is 98.5 Å². The second-order valence-corrected chi connectivity index (χ2v) is 11.5. The number of hydrogen-bond acceptors (Lipinski definition) is 17. The second-order valence-electron chi connectivity index (χ2n) is 11.5. The molecule has 0 spiro atoms. The minimum atomic E-state index is -3.69. The Morgan fingerprint density at radius 2 is 1.38 bits per heavy atom. The Balaban J connectivity index is 3.23. The molecule has 0 aliphatic carbocycles. The van der Waals surface area contributed by atoms with Crippen LogP contribution in [0.2, 0.25) is 0 Å². The monoisotopic (exact) mass is 730 g/mol. The standard InChI is InChI=1S/C26H38N2O22/c1-9(30)28(6-16(40)41)25(4-14(36)37)21(46)22(49-23-18(27)20(45)19(44)10(7-29)48-23)24(3-13(34)35,11(31)2-12(32)33)50-26(25,5-15(38)39)47-8-17(42)43/h10-11,18-23,29,31,44-46H,2-8,27H2,1H3,(H,32,33)(H,34,35)(H,36,37)(H,38,39)(H,40,41)(H,42,43)/t10-,11?,18-,19-,20-,21+,22+,23+,24-,25-,26-/m1/s1. The molecule has 24 heteroatoms. The summed E-state index contributed by atoms with van der Waals surface area (Å²) in [5.74, 6) is -17.2. The highest BCUT2D eigenvalue weighted by Crippen LogP contribution is 2.54. The van der Waals surface area contributed by atoms with Crippen molar-refractivity contribution in [2.24, 2.45) is 5.73 Å². The number of aliphatic hydroxyl groups excluding tert-OH is 5. The van der Waals surface area contributed by atoms with Crippen LogP contribution in [0.4, 0.5) is 0 Å². The Morgan fingerprint density at radius 3 is 1.82 bits per heavy atom. The van der Waals surface area contributed by atoms with Crippen LogP contribution in [0, 0.1) is 0 Å². The first-order valence-corrected chi connectivity index (χ1v) is 14.3. The normalized spacial score (nSPS) is 34.7. The average Bonchev–Trinajstić information content (AvgIpc) is 2.97. The zero-order valence-corrected chi connectivity index (χ0v) is 26.0. The van der Waals surface area contributed by atoms with E-state index in [0.29, 0.717) is 6.92 Å². The molecule has 1 amide bonds. The molecule has 0 bridgehead atoms. The zero-order chi connectivity index (χ0) is 38.5. The zero-order valence-electron chi connectivity index (χ0n) is 26.0. The molecule has 0 aromatic carbocycles. The lowest BCUT2D eigenvalue weighted by atomic mass is 9.65. The van der Waals surface area contributed by atoms with Gasteiger partial charge >= 0.3 is 35.8 Å². The fourth-order valence-corrected chi connectivity index (χ4v) is 6.21. The third kappa shape index (κ3) is 8.43. The van der Waals surface area contributed by atoms with Crippen LogP contribution in [-0.2, 0) is 52.5 Å². The Kier molecular flexibility index (Phi) is 13.7. The van der Waals surface area contributed by atoms with Gasteiger partial charge in [-0.3, -0.25) is 28.8 Å². The van der Waals surface area contributed by atoms with E-state index in [2.05, 4.69) is 0 Å².